The fourth-order valence-corrected chi connectivity index (χ4v) is 4.25. The number of hydrogen-bond donors (Lipinski definition) is 0. The minimum atomic E-state index is -0.117. The lowest BCUT2D eigenvalue weighted by Crippen LogP contribution is -2.38. The Labute approximate surface area is 91.4 Å². The molecular weight excluding hydrogens is 188 g/mol. The van der Waals surface area contributed by atoms with Crippen LogP contribution in [0.5, 0.6) is 0 Å². The molecule has 3 rings (SSSR count). The Kier molecular flexibility index (Phi) is 2.17. The zero-order valence-electron chi connectivity index (χ0n) is 9.45. The van der Waals surface area contributed by atoms with Crippen molar-refractivity contribution < 1.29 is 9.53 Å². The van der Waals surface area contributed by atoms with Gasteiger partial charge in [0, 0.05) is 0 Å². The summed E-state index contributed by atoms with van der Waals surface area (Å²) in [5, 5.41) is 0. The molecule has 2 heteroatoms. The number of ether oxygens (including phenoxy) is 1. The van der Waals surface area contributed by atoms with E-state index in [0.29, 0.717) is 0 Å². The van der Waals surface area contributed by atoms with Gasteiger partial charge in [-0.25, -0.2) is 0 Å². The summed E-state index contributed by atoms with van der Waals surface area (Å²) in [5.74, 6) is 2.60. The van der Waals surface area contributed by atoms with Crippen LogP contribution in [0.4, 0.5) is 0 Å². The van der Waals surface area contributed by atoms with E-state index < -0.39 is 0 Å². The van der Waals surface area contributed by atoms with E-state index in [2.05, 4.69) is 6.92 Å². The number of hydrogen-bond acceptors (Lipinski definition) is 2. The molecule has 1 aliphatic heterocycles. The van der Waals surface area contributed by atoms with E-state index in [9.17, 15) is 4.79 Å². The van der Waals surface area contributed by atoms with Crippen LogP contribution in [0.1, 0.15) is 45.4 Å². The van der Waals surface area contributed by atoms with Crippen molar-refractivity contribution in [1.29, 1.82) is 0 Å². The van der Waals surface area contributed by atoms with Crippen molar-refractivity contribution in [2.45, 2.75) is 57.2 Å². The highest BCUT2D eigenvalue weighted by Gasteiger charge is 2.51. The molecule has 0 N–H and O–H groups in total. The van der Waals surface area contributed by atoms with Gasteiger partial charge in [-0.1, -0.05) is 6.42 Å². The minimum Gasteiger partial charge on any atom is -0.364 e. The quantitative estimate of drug-likeness (QED) is 0.652. The molecule has 15 heavy (non-hydrogen) atoms. The predicted octanol–water partition coefficient (Wildman–Crippen LogP) is 2.56. The largest absolute Gasteiger partial charge is 0.364 e. The van der Waals surface area contributed by atoms with Gasteiger partial charge in [0.15, 0.2) is 0 Å². The van der Waals surface area contributed by atoms with E-state index >= 15 is 0 Å². The summed E-state index contributed by atoms with van der Waals surface area (Å²) >= 11 is 0. The summed E-state index contributed by atoms with van der Waals surface area (Å²) in [6.07, 6.45) is 8.52. The molecule has 2 aliphatic carbocycles. The monoisotopic (exact) mass is 208 g/mol. The van der Waals surface area contributed by atoms with Crippen molar-refractivity contribution in [2.24, 2.45) is 17.8 Å². The van der Waals surface area contributed by atoms with Gasteiger partial charge in [0.25, 0.3) is 0 Å². The number of carbonyl (C=O) groups excluding carboxylic acids is 1. The van der Waals surface area contributed by atoms with Gasteiger partial charge in [-0.2, -0.15) is 0 Å². The molecule has 0 spiro atoms. The number of aldehydes is 1. The normalized spacial score (nSPS) is 53.7. The molecule has 2 nitrogen and oxygen atoms in total. The highest BCUT2D eigenvalue weighted by Crippen LogP contribution is 2.55. The van der Waals surface area contributed by atoms with E-state index in [0.717, 1.165) is 36.9 Å². The molecule has 0 radical (unpaired) electrons. The Morgan fingerprint density at radius 3 is 2.67 bits per heavy atom. The first-order chi connectivity index (χ1) is 7.21. The van der Waals surface area contributed by atoms with Gasteiger partial charge < -0.3 is 9.53 Å². The highest BCUT2D eigenvalue weighted by atomic mass is 16.5. The van der Waals surface area contributed by atoms with Crippen LogP contribution in [0.2, 0.25) is 0 Å². The van der Waals surface area contributed by atoms with Gasteiger partial charge in [0.2, 0.25) is 0 Å². The molecule has 0 amide bonds. The van der Waals surface area contributed by atoms with Crippen molar-refractivity contribution in [3.05, 3.63) is 0 Å². The summed E-state index contributed by atoms with van der Waals surface area (Å²) < 4.78 is 5.97. The van der Waals surface area contributed by atoms with Crippen LogP contribution in [0.25, 0.3) is 0 Å². The Hall–Kier alpha value is -0.370. The van der Waals surface area contributed by atoms with Crippen molar-refractivity contribution >= 4 is 6.29 Å². The fraction of sp³-hybridized carbons (Fsp3) is 0.923. The molecular formula is C13H20O2. The van der Waals surface area contributed by atoms with E-state index in [1.165, 1.54) is 25.7 Å². The second kappa shape index (κ2) is 3.31. The Balaban J connectivity index is 1.74. The Morgan fingerprint density at radius 1 is 1.27 bits per heavy atom. The van der Waals surface area contributed by atoms with Crippen molar-refractivity contribution in [3.63, 3.8) is 0 Å². The average molecular weight is 208 g/mol. The molecule has 0 aromatic heterocycles. The molecule has 2 saturated carbocycles. The third-order valence-corrected chi connectivity index (χ3v) is 5.02. The fourth-order valence-electron chi connectivity index (χ4n) is 4.25. The first-order valence-corrected chi connectivity index (χ1v) is 6.34. The molecule has 1 heterocycles. The molecule has 1 saturated heterocycles. The van der Waals surface area contributed by atoms with E-state index in [-0.39, 0.29) is 11.7 Å². The smallest absolute Gasteiger partial charge is 0.148 e. The first kappa shape index (κ1) is 9.83. The third-order valence-electron chi connectivity index (χ3n) is 5.02. The van der Waals surface area contributed by atoms with E-state index in [1.54, 1.807) is 0 Å². The molecule has 84 valence electrons. The lowest BCUT2D eigenvalue weighted by molar-refractivity contribution is -0.127. The molecule has 5 atom stereocenters. The topological polar surface area (TPSA) is 26.3 Å². The van der Waals surface area contributed by atoms with Gasteiger partial charge in [-0.3, -0.25) is 0 Å². The summed E-state index contributed by atoms with van der Waals surface area (Å²) in [7, 11) is 0. The Morgan fingerprint density at radius 2 is 2.13 bits per heavy atom. The lowest BCUT2D eigenvalue weighted by Gasteiger charge is -2.36. The molecule has 0 aromatic carbocycles. The van der Waals surface area contributed by atoms with Crippen molar-refractivity contribution in [1.82, 2.24) is 0 Å². The summed E-state index contributed by atoms with van der Waals surface area (Å²) in [6, 6.07) is 0. The summed E-state index contributed by atoms with van der Waals surface area (Å²) in [4.78, 5) is 10.7. The third kappa shape index (κ3) is 1.45. The van der Waals surface area contributed by atoms with Crippen molar-refractivity contribution in [3.8, 4) is 0 Å². The van der Waals surface area contributed by atoms with Gasteiger partial charge in [-0.15, -0.1) is 0 Å². The standard InChI is InChI=1S/C13H20O2/c1-13(5-4-11(8-14)15-13)12-7-9-2-3-10(12)6-9/h8-12H,2-7H2,1H3. The maximum absolute atomic E-state index is 10.7. The molecule has 0 aromatic rings. The van der Waals surface area contributed by atoms with Crippen molar-refractivity contribution in [2.75, 3.05) is 0 Å². The van der Waals surface area contributed by atoms with Gasteiger partial charge in [0.05, 0.1) is 5.60 Å². The van der Waals surface area contributed by atoms with Gasteiger partial charge in [0.1, 0.15) is 12.4 Å². The summed E-state index contributed by atoms with van der Waals surface area (Å²) in [5.41, 5.74) is 0.0193. The zero-order chi connectivity index (χ0) is 10.5. The average Bonchev–Trinajstić information content (AvgIpc) is 2.91. The first-order valence-electron chi connectivity index (χ1n) is 6.34. The van der Waals surface area contributed by atoms with Crippen LogP contribution in [0, 0.1) is 17.8 Å². The number of carbonyl (C=O) groups is 1. The second-order valence-electron chi connectivity index (χ2n) is 5.93. The van der Waals surface area contributed by atoms with Crippen LogP contribution in [0.3, 0.4) is 0 Å². The molecule has 2 bridgehead atoms. The Bertz CT molecular complexity index is 276. The van der Waals surface area contributed by atoms with Gasteiger partial charge in [-0.05, 0) is 56.8 Å². The van der Waals surface area contributed by atoms with Crippen LogP contribution < -0.4 is 0 Å². The van der Waals surface area contributed by atoms with Crippen LogP contribution in [0.15, 0.2) is 0 Å². The SMILES string of the molecule is CC1(C2CC3CCC2C3)CCC(C=O)O1. The van der Waals surface area contributed by atoms with E-state index in [4.69, 9.17) is 4.74 Å². The number of rotatable bonds is 2. The molecule has 3 aliphatic rings. The zero-order valence-corrected chi connectivity index (χ0v) is 9.45. The van der Waals surface area contributed by atoms with E-state index in [1.807, 2.05) is 0 Å². The molecule has 3 fully saturated rings. The van der Waals surface area contributed by atoms with Crippen LogP contribution in [-0.2, 0) is 9.53 Å². The lowest BCUT2D eigenvalue weighted by atomic mass is 9.76. The predicted molar refractivity (Wildman–Crippen MR) is 57.5 cm³/mol. The molecule has 5 unspecified atom stereocenters. The minimum absolute atomic E-state index is 0.0193. The highest BCUT2D eigenvalue weighted by molar-refractivity contribution is 5.56. The summed E-state index contributed by atoms with van der Waals surface area (Å²) in [6.45, 7) is 2.24. The van der Waals surface area contributed by atoms with Crippen LogP contribution >= 0.6 is 0 Å². The maximum Gasteiger partial charge on any atom is 0.148 e. The van der Waals surface area contributed by atoms with Crippen LogP contribution in [-0.4, -0.2) is 18.0 Å². The van der Waals surface area contributed by atoms with Gasteiger partial charge >= 0.3 is 0 Å². The number of fused-ring (bicyclic) bond motifs is 2. The maximum atomic E-state index is 10.7. The second-order valence-corrected chi connectivity index (χ2v) is 5.93.